The molecule has 1 aromatic rings. The highest BCUT2D eigenvalue weighted by atomic mass is 79.9. The molecule has 1 aliphatic rings. The molecular weight excluding hydrogens is 328 g/mol. The Morgan fingerprint density at radius 1 is 1.45 bits per heavy atom. The average Bonchev–Trinajstić information content (AvgIpc) is 2.40. The third kappa shape index (κ3) is 5.34. The van der Waals surface area contributed by atoms with Crippen LogP contribution in [0.2, 0.25) is 0 Å². The van der Waals surface area contributed by atoms with Crippen LogP contribution in [-0.2, 0) is 0 Å². The van der Waals surface area contributed by atoms with Gasteiger partial charge >= 0.3 is 0 Å². The highest BCUT2D eigenvalue weighted by molar-refractivity contribution is 9.10. The molecule has 0 spiro atoms. The molecule has 0 amide bonds. The molecule has 0 aliphatic carbocycles. The quantitative estimate of drug-likeness (QED) is 0.658. The second-order valence-electron chi connectivity index (χ2n) is 4.70. The van der Waals surface area contributed by atoms with Crippen LogP contribution in [-0.4, -0.2) is 42.4 Å². The van der Waals surface area contributed by atoms with E-state index in [1.807, 2.05) is 6.07 Å². The first-order valence-corrected chi connectivity index (χ1v) is 7.08. The van der Waals surface area contributed by atoms with E-state index < -0.39 is 5.09 Å². The van der Waals surface area contributed by atoms with Crippen LogP contribution in [0.15, 0.2) is 22.7 Å². The van der Waals surface area contributed by atoms with E-state index >= 15 is 0 Å². The van der Waals surface area contributed by atoms with Gasteiger partial charge in [-0.15, -0.1) is 10.1 Å². The maximum absolute atomic E-state index is 8.36. The molecule has 7 heteroatoms. The van der Waals surface area contributed by atoms with Gasteiger partial charge < -0.3 is 14.8 Å². The van der Waals surface area contributed by atoms with Crippen LogP contribution in [0, 0.1) is 10.1 Å². The zero-order valence-electron chi connectivity index (χ0n) is 11.6. The zero-order chi connectivity index (χ0) is 15.1. The summed E-state index contributed by atoms with van der Waals surface area (Å²) in [5.74, 6) is 1.62. The Morgan fingerprint density at radius 3 is 2.50 bits per heavy atom. The van der Waals surface area contributed by atoms with Gasteiger partial charge in [0.1, 0.15) is 5.75 Å². The molecule has 1 aliphatic heterocycles. The first-order valence-electron chi connectivity index (χ1n) is 6.29. The Hall–Kier alpha value is -1.34. The predicted molar refractivity (Wildman–Crippen MR) is 78.9 cm³/mol. The monoisotopic (exact) mass is 346 g/mol. The molecule has 20 heavy (non-hydrogen) atoms. The van der Waals surface area contributed by atoms with Crippen LogP contribution < -0.4 is 4.74 Å². The maximum Gasteiger partial charge on any atom is 0.291 e. The van der Waals surface area contributed by atoms with E-state index in [-0.39, 0.29) is 0 Å². The number of hydrogen-bond donors (Lipinski definition) is 1. The van der Waals surface area contributed by atoms with E-state index in [1.165, 1.54) is 36.0 Å². The fourth-order valence-corrected chi connectivity index (χ4v) is 2.85. The zero-order valence-corrected chi connectivity index (χ0v) is 13.2. The fourth-order valence-electron chi connectivity index (χ4n) is 2.28. The summed E-state index contributed by atoms with van der Waals surface area (Å²) in [4.78, 5) is 10.8. The van der Waals surface area contributed by atoms with Crippen LogP contribution in [0.25, 0.3) is 0 Å². The molecule has 0 atom stereocenters. The molecule has 0 unspecified atom stereocenters. The Kier molecular flexibility index (Phi) is 6.74. The van der Waals surface area contributed by atoms with Crippen molar-refractivity contribution < 1.29 is 15.0 Å². The number of benzene rings is 1. The fraction of sp³-hybridized carbons (Fsp3) is 0.538. The number of halogens is 1. The van der Waals surface area contributed by atoms with Crippen LogP contribution in [0.5, 0.6) is 5.75 Å². The van der Waals surface area contributed by atoms with E-state index in [0.29, 0.717) is 5.92 Å². The van der Waals surface area contributed by atoms with Crippen LogP contribution >= 0.6 is 15.9 Å². The minimum Gasteiger partial charge on any atom is -0.497 e. The van der Waals surface area contributed by atoms with Crippen LogP contribution in [0.3, 0.4) is 0 Å². The van der Waals surface area contributed by atoms with Crippen molar-refractivity contribution >= 4 is 15.9 Å². The molecular formula is C13H19BrN2O4. The Bertz CT molecular complexity index is 444. The molecule has 0 bridgehead atoms. The lowest BCUT2D eigenvalue weighted by molar-refractivity contribution is -0.742. The van der Waals surface area contributed by atoms with E-state index in [0.717, 1.165) is 5.75 Å². The standard InChI is InChI=1S/C13H18BrNO.HNO3/c1-15-7-5-10(6-8-15)12-9-11(16-2)3-4-13(12)14;2-1(3)4/h3-4,9-10H,5-8H2,1-2H3;(H,2,3,4). The molecule has 6 nitrogen and oxygen atoms in total. The Balaban J connectivity index is 0.000000444. The minimum atomic E-state index is -1.50. The summed E-state index contributed by atoms with van der Waals surface area (Å²) < 4.78 is 6.50. The molecule has 2 rings (SSSR count). The minimum absolute atomic E-state index is 0.667. The van der Waals surface area contributed by atoms with Crippen molar-refractivity contribution in [2.45, 2.75) is 18.8 Å². The topological polar surface area (TPSA) is 75.8 Å². The van der Waals surface area contributed by atoms with E-state index in [1.54, 1.807) is 7.11 Å². The van der Waals surface area contributed by atoms with Crippen molar-refractivity contribution in [1.82, 2.24) is 4.90 Å². The van der Waals surface area contributed by atoms with Crippen molar-refractivity contribution in [3.8, 4) is 5.75 Å². The molecule has 1 aromatic carbocycles. The van der Waals surface area contributed by atoms with Gasteiger partial charge in [0.2, 0.25) is 0 Å². The van der Waals surface area contributed by atoms with Crippen molar-refractivity contribution in [3.63, 3.8) is 0 Å². The summed E-state index contributed by atoms with van der Waals surface area (Å²) in [5.41, 5.74) is 1.40. The van der Waals surface area contributed by atoms with Crippen LogP contribution in [0.1, 0.15) is 24.3 Å². The molecule has 0 radical (unpaired) electrons. The number of likely N-dealkylation sites (tertiary alicyclic amines) is 1. The van der Waals surface area contributed by atoms with Crippen molar-refractivity contribution in [2.75, 3.05) is 27.2 Å². The number of methoxy groups -OCH3 is 1. The summed E-state index contributed by atoms with van der Waals surface area (Å²) in [7, 11) is 3.92. The van der Waals surface area contributed by atoms with Gasteiger partial charge in [-0.3, -0.25) is 0 Å². The Labute approximate surface area is 126 Å². The lowest BCUT2D eigenvalue weighted by Gasteiger charge is -2.29. The molecule has 112 valence electrons. The first kappa shape index (κ1) is 16.7. The van der Waals surface area contributed by atoms with E-state index in [4.69, 9.17) is 20.1 Å². The van der Waals surface area contributed by atoms with E-state index in [2.05, 4.69) is 40.0 Å². The van der Waals surface area contributed by atoms with E-state index in [9.17, 15) is 0 Å². The average molecular weight is 347 g/mol. The van der Waals surface area contributed by atoms with Gasteiger partial charge in [-0.2, -0.15) is 0 Å². The maximum atomic E-state index is 8.36. The lowest BCUT2D eigenvalue weighted by atomic mass is 9.89. The molecule has 1 N–H and O–H groups in total. The molecule has 0 aromatic heterocycles. The SMILES string of the molecule is COc1ccc(Br)c(C2CCN(C)CC2)c1.O=[N+]([O-])O. The number of piperidine rings is 1. The van der Waals surface area contributed by atoms with Gasteiger partial charge in [-0.25, -0.2) is 0 Å². The third-order valence-corrected chi connectivity index (χ3v) is 4.08. The Morgan fingerprint density at radius 2 is 2.00 bits per heavy atom. The second kappa shape index (κ2) is 8.06. The summed E-state index contributed by atoms with van der Waals surface area (Å²) >= 11 is 3.64. The van der Waals surface area contributed by atoms with Gasteiger partial charge in [-0.1, -0.05) is 15.9 Å². The van der Waals surface area contributed by atoms with Gasteiger partial charge in [0.05, 0.1) is 7.11 Å². The smallest absolute Gasteiger partial charge is 0.291 e. The van der Waals surface area contributed by atoms with Gasteiger partial charge in [0, 0.05) is 4.47 Å². The molecule has 1 saturated heterocycles. The molecule has 1 heterocycles. The second-order valence-corrected chi connectivity index (χ2v) is 5.56. The van der Waals surface area contributed by atoms with Gasteiger partial charge in [-0.05, 0) is 62.7 Å². The third-order valence-electron chi connectivity index (χ3n) is 3.36. The highest BCUT2D eigenvalue weighted by Crippen LogP contribution is 2.34. The van der Waals surface area contributed by atoms with Crippen molar-refractivity contribution in [3.05, 3.63) is 38.3 Å². The highest BCUT2D eigenvalue weighted by Gasteiger charge is 2.20. The summed E-state index contributed by atoms with van der Waals surface area (Å²) in [5, 5.41) is 13.6. The molecule has 0 saturated carbocycles. The summed E-state index contributed by atoms with van der Waals surface area (Å²) in [6.45, 7) is 2.38. The number of nitrogens with zero attached hydrogens (tertiary/aromatic N) is 2. The number of ether oxygens (including phenoxy) is 1. The summed E-state index contributed by atoms with van der Waals surface area (Å²) in [6.07, 6.45) is 2.48. The number of hydrogen-bond acceptors (Lipinski definition) is 4. The largest absolute Gasteiger partial charge is 0.497 e. The summed E-state index contributed by atoms with van der Waals surface area (Å²) in [6, 6.07) is 6.26. The molecule has 1 fully saturated rings. The van der Waals surface area contributed by atoms with Gasteiger partial charge in [0.25, 0.3) is 5.09 Å². The predicted octanol–water partition coefficient (Wildman–Crippen LogP) is 2.92. The first-order chi connectivity index (χ1) is 9.43. The van der Waals surface area contributed by atoms with Crippen LogP contribution in [0.4, 0.5) is 0 Å². The normalized spacial score (nSPS) is 16.1. The number of rotatable bonds is 2. The lowest BCUT2D eigenvalue weighted by Crippen LogP contribution is -2.29. The van der Waals surface area contributed by atoms with Gasteiger partial charge in [0.15, 0.2) is 0 Å². The van der Waals surface area contributed by atoms with Crippen molar-refractivity contribution in [2.24, 2.45) is 0 Å². The van der Waals surface area contributed by atoms with Crippen molar-refractivity contribution in [1.29, 1.82) is 0 Å².